The minimum atomic E-state index is 0.421. The Balaban J connectivity index is 2.16. The number of rotatable bonds is 0. The molecule has 2 atom stereocenters. The Morgan fingerprint density at radius 2 is 2.14 bits per heavy atom. The fraction of sp³-hybridized carbons (Fsp3) is 1.00. The highest BCUT2D eigenvalue weighted by Crippen LogP contribution is 2.82. The summed E-state index contributed by atoms with van der Waals surface area (Å²) in [5, 5.41) is 0. The van der Waals surface area contributed by atoms with Gasteiger partial charge in [0.1, 0.15) is 0 Å². The summed E-state index contributed by atoms with van der Waals surface area (Å²) in [6.07, 6.45) is 2.79. The molecule has 0 heterocycles. The van der Waals surface area contributed by atoms with Gasteiger partial charge >= 0.3 is 0 Å². The predicted molar refractivity (Wildman–Crippen MR) is 26.6 cm³/mol. The zero-order valence-electron chi connectivity index (χ0n) is 4.22. The molecule has 4 aliphatic rings. The normalized spacial score (nSPS) is 81.0. The van der Waals surface area contributed by atoms with Crippen molar-refractivity contribution in [1.82, 2.24) is 0 Å². The van der Waals surface area contributed by atoms with Crippen LogP contribution in [0.3, 0.4) is 0 Å². The van der Waals surface area contributed by atoms with Crippen LogP contribution in [-0.4, -0.2) is 5.54 Å². The molecule has 0 saturated heterocycles. The Morgan fingerprint density at radius 1 is 1.43 bits per heavy atom. The molecule has 4 aliphatic carbocycles. The van der Waals surface area contributed by atoms with Gasteiger partial charge in [-0.25, -0.2) is 0 Å². The first-order chi connectivity index (χ1) is 3.34. The van der Waals surface area contributed by atoms with Crippen molar-refractivity contribution in [2.75, 3.05) is 0 Å². The Hall–Kier alpha value is -0.0400. The molecule has 0 spiro atoms. The van der Waals surface area contributed by atoms with E-state index in [1.807, 2.05) is 0 Å². The molecule has 1 nitrogen and oxygen atoms in total. The van der Waals surface area contributed by atoms with Gasteiger partial charge in [-0.3, -0.25) is 0 Å². The van der Waals surface area contributed by atoms with Gasteiger partial charge in [-0.15, -0.1) is 0 Å². The molecule has 0 radical (unpaired) electrons. The van der Waals surface area contributed by atoms with Gasteiger partial charge in [0.25, 0.3) is 0 Å². The van der Waals surface area contributed by atoms with Crippen LogP contribution in [0.15, 0.2) is 0 Å². The van der Waals surface area contributed by atoms with E-state index >= 15 is 0 Å². The van der Waals surface area contributed by atoms with Crippen molar-refractivity contribution < 1.29 is 0 Å². The lowest BCUT2D eigenvalue weighted by atomic mass is 10.1. The van der Waals surface area contributed by atoms with Crippen LogP contribution in [0, 0.1) is 17.8 Å². The lowest BCUT2D eigenvalue weighted by molar-refractivity contribution is 0.543. The summed E-state index contributed by atoms with van der Waals surface area (Å²) in [6, 6.07) is 0. The summed E-state index contributed by atoms with van der Waals surface area (Å²) in [5.74, 6) is 3.16. The minimum absolute atomic E-state index is 0.421. The maximum absolute atomic E-state index is 5.88. The van der Waals surface area contributed by atoms with Gasteiger partial charge in [-0.1, -0.05) is 0 Å². The van der Waals surface area contributed by atoms with Gasteiger partial charge in [0, 0.05) is 5.54 Å². The molecule has 4 rings (SSSR count). The average Bonchev–Trinajstić information content (AvgIpc) is 2.42. The summed E-state index contributed by atoms with van der Waals surface area (Å²) >= 11 is 0. The smallest absolute Gasteiger partial charge is 0.0224 e. The van der Waals surface area contributed by atoms with E-state index in [0.29, 0.717) is 5.54 Å². The van der Waals surface area contributed by atoms with Crippen molar-refractivity contribution >= 4 is 0 Å². The van der Waals surface area contributed by atoms with Gasteiger partial charge in [0.05, 0.1) is 0 Å². The maximum Gasteiger partial charge on any atom is 0.0224 e. The summed E-state index contributed by atoms with van der Waals surface area (Å²) < 4.78 is 0. The number of nitrogens with two attached hydrogens (primary N) is 1. The zero-order valence-corrected chi connectivity index (χ0v) is 4.22. The molecule has 0 aromatic carbocycles. The highest BCUT2D eigenvalue weighted by atomic mass is 15.1. The first-order valence-electron chi connectivity index (χ1n) is 3.13. The molecule has 7 heavy (non-hydrogen) atoms. The van der Waals surface area contributed by atoms with Crippen LogP contribution in [0.25, 0.3) is 0 Å². The van der Waals surface area contributed by atoms with E-state index in [1.54, 1.807) is 0 Å². The van der Waals surface area contributed by atoms with E-state index in [2.05, 4.69) is 0 Å². The molecule has 4 fully saturated rings. The van der Waals surface area contributed by atoms with E-state index in [1.165, 1.54) is 12.8 Å². The third kappa shape index (κ3) is 0.139. The quantitative estimate of drug-likeness (QED) is 0.461. The van der Waals surface area contributed by atoms with E-state index in [4.69, 9.17) is 5.73 Å². The van der Waals surface area contributed by atoms with Crippen molar-refractivity contribution in [3.63, 3.8) is 0 Å². The molecule has 2 bridgehead atoms. The van der Waals surface area contributed by atoms with Gasteiger partial charge in [-0.05, 0) is 30.6 Å². The molecule has 0 aliphatic heterocycles. The third-order valence-electron chi connectivity index (χ3n) is 3.21. The summed E-state index contributed by atoms with van der Waals surface area (Å²) in [5.41, 5.74) is 6.30. The fourth-order valence-corrected chi connectivity index (χ4v) is 2.68. The second-order valence-electron chi connectivity index (χ2n) is 3.37. The molecule has 0 amide bonds. The molecule has 2 unspecified atom stereocenters. The van der Waals surface area contributed by atoms with Crippen molar-refractivity contribution in [3.05, 3.63) is 0 Å². The second-order valence-corrected chi connectivity index (χ2v) is 3.37. The van der Waals surface area contributed by atoms with Gasteiger partial charge in [0.2, 0.25) is 0 Å². The van der Waals surface area contributed by atoms with Gasteiger partial charge < -0.3 is 5.73 Å². The van der Waals surface area contributed by atoms with E-state index in [9.17, 15) is 0 Å². The monoisotopic (exact) mass is 95.1 g/mol. The Bertz CT molecular complexity index is 131. The zero-order chi connectivity index (χ0) is 4.65. The second kappa shape index (κ2) is 0.510. The van der Waals surface area contributed by atoms with E-state index in [-0.39, 0.29) is 0 Å². The topological polar surface area (TPSA) is 26.0 Å². The SMILES string of the molecule is NC12CCC3C1C32. The molecule has 0 aromatic heterocycles. The summed E-state index contributed by atoms with van der Waals surface area (Å²) in [4.78, 5) is 0. The van der Waals surface area contributed by atoms with Crippen LogP contribution >= 0.6 is 0 Å². The lowest BCUT2D eigenvalue weighted by Crippen LogP contribution is -2.26. The van der Waals surface area contributed by atoms with Crippen molar-refractivity contribution in [2.24, 2.45) is 23.5 Å². The molecule has 1 heteroatoms. The molecular weight excluding hydrogens is 86.1 g/mol. The van der Waals surface area contributed by atoms with Crippen LogP contribution in [0.4, 0.5) is 0 Å². The Labute approximate surface area is 42.9 Å². The first-order valence-corrected chi connectivity index (χ1v) is 3.13. The molecule has 0 aromatic rings. The standard InChI is InChI=1S/C6H9N/c7-6-2-1-3-4(6)5(3)6/h3-5H,1-2,7H2. The summed E-state index contributed by atoms with van der Waals surface area (Å²) in [7, 11) is 0. The van der Waals surface area contributed by atoms with Crippen LogP contribution < -0.4 is 5.73 Å². The van der Waals surface area contributed by atoms with Crippen molar-refractivity contribution in [3.8, 4) is 0 Å². The van der Waals surface area contributed by atoms with Crippen LogP contribution in [0.1, 0.15) is 12.8 Å². The highest BCUT2D eigenvalue weighted by Gasteiger charge is 2.85. The Morgan fingerprint density at radius 3 is 2.29 bits per heavy atom. The van der Waals surface area contributed by atoms with Crippen LogP contribution in [-0.2, 0) is 0 Å². The molecule has 38 valence electrons. The minimum Gasteiger partial charge on any atom is -0.325 e. The Kier molecular flexibility index (Phi) is 0.224. The summed E-state index contributed by atoms with van der Waals surface area (Å²) in [6.45, 7) is 0. The number of hydrogen-bond donors (Lipinski definition) is 1. The highest BCUT2D eigenvalue weighted by molar-refractivity contribution is 5.38. The molecule has 4 saturated carbocycles. The molecular formula is C6H9N. The van der Waals surface area contributed by atoms with E-state index < -0.39 is 0 Å². The number of fused-ring (bicyclic) bond motifs is 1. The van der Waals surface area contributed by atoms with E-state index in [0.717, 1.165) is 17.8 Å². The average molecular weight is 95.1 g/mol. The lowest BCUT2D eigenvalue weighted by Gasteiger charge is -2.04. The van der Waals surface area contributed by atoms with Gasteiger partial charge in [0.15, 0.2) is 0 Å². The first kappa shape index (κ1) is 3.08. The van der Waals surface area contributed by atoms with Crippen LogP contribution in [0.5, 0.6) is 0 Å². The predicted octanol–water partition coefficient (Wildman–Crippen LogP) is 0.353. The van der Waals surface area contributed by atoms with Crippen LogP contribution in [0.2, 0.25) is 0 Å². The van der Waals surface area contributed by atoms with Crippen molar-refractivity contribution in [2.45, 2.75) is 18.4 Å². The van der Waals surface area contributed by atoms with Gasteiger partial charge in [-0.2, -0.15) is 0 Å². The largest absolute Gasteiger partial charge is 0.325 e. The number of hydrogen-bond acceptors (Lipinski definition) is 1. The fourth-order valence-electron chi connectivity index (χ4n) is 2.68. The maximum atomic E-state index is 5.88. The molecule has 2 N–H and O–H groups in total. The third-order valence-corrected chi connectivity index (χ3v) is 3.21. The van der Waals surface area contributed by atoms with Crippen molar-refractivity contribution in [1.29, 1.82) is 0 Å².